The molecule has 6 nitrogen and oxygen atoms in total. The monoisotopic (exact) mass is 434 g/mol. The van der Waals surface area contributed by atoms with Crippen molar-refractivity contribution in [2.45, 2.75) is 13.5 Å². The fraction of sp³-hybridized carbons (Fsp3) is 0.292. The number of nitrogens with one attached hydrogen (secondary N) is 1. The first-order valence-electron chi connectivity index (χ1n) is 10.5. The van der Waals surface area contributed by atoms with E-state index in [2.05, 4.69) is 15.2 Å². The zero-order valence-electron chi connectivity index (χ0n) is 17.6. The molecule has 1 fully saturated rings. The van der Waals surface area contributed by atoms with Crippen LogP contribution < -0.4 is 5.32 Å². The second kappa shape index (κ2) is 9.85. The van der Waals surface area contributed by atoms with Gasteiger partial charge < -0.3 is 10.2 Å². The van der Waals surface area contributed by atoms with E-state index in [0.717, 1.165) is 21.8 Å². The molecule has 4 rings (SSSR count). The summed E-state index contributed by atoms with van der Waals surface area (Å²) in [5.74, 6) is 0.0415. The van der Waals surface area contributed by atoms with Gasteiger partial charge in [-0.1, -0.05) is 60.7 Å². The molecule has 0 radical (unpaired) electrons. The number of nitrogens with zero attached hydrogens (tertiary/aromatic N) is 3. The number of hydrogen-bond donors (Lipinski definition) is 1. The fourth-order valence-corrected chi connectivity index (χ4v) is 4.65. The highest BCUT2D eigenvalue weighted by Crippen LogP contribution is 2.28. The van der Waals surface area contributed by atoms with E-state index in [1.54, 1.807) is 0 Å². The van der Waals surface area contributed by atoms with E-state index in [-0.39, 0.29) is 11.8 Å². The maximum atomic E-state index is 13.1. The van der Waals surface area contributed by atoms with Crippen LogP contribution in [0.5, 0.6) is 0 Å². The van der Waals surface area contributed by atoms with Gasteiger partial charge in [0.25, 0.3) is 5.91 Å². The van der Waals surface area contributed by atoms with Gasteiger partial charge in [0.2, 0.25) is 5.91 Å². The number of aromatic nitrogens is 1. The van der Waals surface area contributed by atoms with E-state index in [0.29, 0.717) is 44.1 Å². The third-order valence-electron chi connectivity index (χ3n) is 5.37. The molecule has 31 heavy (non-hydrogen) atoms. The molecule has 1 aliphatic rings. The Morgan fingerprint density at radius 3 is 2.29 bits per heavy atom. The molecule has 160 valence electrons. The van der Waals surface area contributed by atoms with Crippen molar-refractivity contribution in [3.05, 3.63) is 76.8 Å². The third-order valence-corrected chi connectivity index (χ3v) is 6.57. The SMILES string of the molecule is Cc1nc(-c2ccccc2)sc1C(=O)N1CCN(CC(=O)NCc2ccccc2)CC1. The molecule has 0 spiro atoms. The summed E-state index contributed by atoms with van der Waals surface area (Å²) in [4.78, 5) is 34.6. The van der Waals surface area contributed by atoms with Crippen LogP contribution in [0, 0.1) is 6.92 Å². The molecule has 1 saturated heterocycles. The van der Waals surface area contributed by atoms with Crippen molar-refractivity contribution >= 4 is 23.2 Å². The fourth-order valence-electron chi connectivity index (χ4n) is 3.61. The Balaban J connectivity index is 1.28. The summed E-state index contributed by atoms with van der Waals surface area (Å²) in [6.45, 7) is 5.38. The minimum atomic E-state index is 0.00873. The number of thiazole rings is 1. The Morgan fingerprint density at radius 1 is 0.968 bits per heavy atom. The topological polar surface area (TPSA) is 65.5 Å². The van der Waals surface area contributed by atoms with E-state index in [4.69, 9.17) is 0 Å². The van der Waals surface area contributed by atoms with Crippen LogP contribution in [-0.2, 0) is 11.3 Å². The lowest BCUT2D eigenvalue weighted by Gasteiger charge is -2.34. The Kier molecular flexibility index (Phi) is 6.74. The molecule has 0 atom stereocenters. The van der Waals surface area contributed by atoms with Crippen molar-refractivity contribution in [3.63, 3.8) is 0 Å². The number of rotatable bonds is 6. The summed E-state index contributed by atoms with van der Waals surface area (Å²) in [6.07, 6.45) is 0. The zero-order chi connectivity index (χ0) is 21.6. The summed E-state index contributed by atoms with van der Waals surface area (Å²) >= 11 is 1.45. The Labute approximate surface area is 186 Å². The van der Waals surface area contributed by atoms with E-state index in [1.807, 2.05) is 72.5 Å². The van der Waals surface area contributed by atoms with Gasteiger partial charge in [-0.2, -0.15) is 0 Å². The van der Waals surface area contributed by atoms with Gasteiger partial charge in [-0.3, -0.25) is 14.5 Å². The van der Waals surface area contributed by atoms with Gasteiger partial charge in [0.15, 0.2) is 0 Å². The molecule has 0 saturated carbocycles. The Hall–Kier alpha value is -3.03. The van der Waals surface area contributed by atoms with Crippen LogP contribution in [0.15, 0.2) is 60.7 Å². The molecular formula is C24H26N4O2S. The summed E-state index contributed by atoms with van der Waals surface area (Å²) < 4.78 is 0. The second-order valence-corrected chi connectivity index (χ2v) is 8.63. The van der Waals surface area contributed by atoms with Crippen molar-refractivity contribution in [1.82, 2.24) is 20.1 Å². The Morgan fingerprint density at radius 2 is 1.61 bits per heavy atom. The highest BCUT2D eigenvalue weighted by atomic mass is 32.1. The maximum absolute atomic E-state index is 13.1. The lowest BCUT2D eigenvalue weighted by Crippen LogP contribution is -2.51. The molecular weight excluding hydrogens is 408 g/mol. The van der Waals surface area contributed by atoms with Crippen LogP contribution >= 0.6 is 11.3 Å². The number of piperazine rings is 1. The van der Waals surface area contributed by atoms with Gasteiger partial charge in [0.05, 0.1) is 12.2 Å². The van der Waals surface area contributed by atoms with Gasteiger partial charge in [-0.15, -0.1) is 11.3 Å². The largest absolute Gasteiger partial charge is 0.351 e. The van der Waals surface area contributed by atoms with Crippen LogP contribution in [0.1, 0.15) is 20.9 Å². The third kappa shape index (κ3) is 5.37. The molecule has 7 heteroatoms. The molecule has 0 aliphatic carbocycles. The molecule has 2 amide bonds. The van der Waals surface area contributed by atoms with Crippen molar-refractivity contribution in [1.29, 1.82) is 0 Å². The van der Waals surface area contributed by atoms with Gasteiger partial charge >= 0.3 is 0 Å². The van der Waals surface area contributed by atoms with Crippen molar-refractivity contribution in [2.75, 3.05) is 32.7 Å². The normalized spacial score (nSPS) is 14.4. The van der Waals surface area contributed by atoms with Gasteiger partial charge in [0, 0.05) is 38.3 Å². The molecule has 3 aromatic rings. The predicted octanol–water partition coefficient (Wildman–Crippen LogP) is 3.19. The standard InChI is InChI=1S/C24H26N4O2S/c1-18-22(31-23(26-18)20-10-6-3-7-11-20)24(30)28-14-12-27(13-15-28)17-21(29)25-16-19-8-4-2-5-9-19/h2-11H,12-17H2,1H3,(H,25,29). The summed E-state index contributed by atoms with van der Waals surface area (Å²) in [5, 5.41) is 3.83. The molecule has 1 aromatic heterocycles. The Bertz CT molecular complexity index is 1030. The van der Waals surface area contributed by atoms with Gasteiger partial charge in [-0.05, 0) is 12.5 Å². The molecule has 2 aromatic carbocycles. The zero-order valence-corrected chi connectivity index (χ0v) is 18.4. The lowest BCUT2D eigenvalue weighted by molar-refractivity contribution is -0.122. The summed E-state index contributed by atoms with van der Waals surface area (Å²) in [6, 6.07) is 19.8. The molecule has 0 bridgehead atoms. The van der Waals surface area contributed by atoms with E-state index in [9.17, 15) is 9.59 Å². The number of hydrogen-bond acceptors (Lipinski definition) is 5. The van der Waals surface area contributed by atoms with E-state index >= 15 is 0 Å². The van der Waals surface area contributed by atoms with Gasteiger partial charge in [0.1, 0.15) is 9.88 Å². The first kappa shape index (κ1) is 21.2. The lowest BCUT2D eigenvalue weighted by atomic mass is 10.2. The van der Waals surface area contributed by atoms with Gasteiger partial charge in [-0.25, -0.2) is 4.98 Å². The quantitative estimate of drug-likeness (QED) is 0.647. The predicted molar refractivity (Wildman–Crippen MR) is 123 cm³/mol. The van der Waals surface area contributed by atoms with Crippen molar-refractivity contribution < 1.29 is 9.59 Å². The number of carbonyl (C=O) groups is 2. The first-order chi connectivity index (χ1) is 15.1. The van der Waals surface area contributed by atoms with Crippen LogP contribution in [0.2, 0.25) is 0 Å². The highest BCUT2D eigenvalue weighted by Gasteiger charge is 2.26. The number of amides is 2. The average Bonchev–Trinajstić information content (AvgIpc) is 3.20. The van der Waals surface area contributed by atoms with Crippen LogP contribution in [-0.4, -0.2) is 59.3 Å². The number of aryl methyl sites for hydroxylation is 1. The summed E-state index contributed by atoms with van der Waals surface area (Å²) in [5.41, 5.74) is 2.89. The number of benzene rings is 2. The molecule has 0 unspecified atom stereocenters. The minimum absolute atomic E-state index is 0.00873. The highest BCUT2D eigenvalue weighted by molar-refractivity contribution is 7.17. The van der Waals surface area contributed by atoms with Crippen LogP contribution in [0.25, 0.3) is 10.6 Å². The van der Waals surface area contributed by atoms with Crippen LogP contribution in [0.4, 0.5) is 0 Å². The van der Waals surface area contributed by atoms with Crippen LogP contribution in [0.3, 0.4) is 0 Å². The maximum Gasteiger partial charge on any atom is 0.265 e. The van der Waals surface area contributed by atoms with E-state index < -0.39 is 0 Å². The first-order valence-corrected chi connectivity index (χ1v) is 11.3. The summed E-state index contributed by atoms with van der Waals surface area (Å²) in [7, 11) is 0. The average molecular weight is 435 g/mol. The molecule has 2 heterocycles. The van der Waals surface area contributed by atoms with Crippen molar-refractivity contribution in [3.8, 4) is 10.6 Å². The van der Waals surface area contributed by atoms with E-state index in [1.165, 1.54) is 11.3 Å². The molecule has 1 N–H and O–H groups in total. The smallest absolute Gasteiger partial charge is 0.265 e. The van der Waals surface area contributed by atoms with Crippen molar-refractivity contribution in [2.24, 2.45) is 0 Å². The molecule has 1 aliphatic heterocycles. The minimum Gasteiger partial charge on any atom is -0.351 e. The second-order valence-electron chi connectivity index (χ2n) is 7.63. The number of carbonyl (C=O) groups excluding carboxylic acids is 2.